The van der Waals surface area contributed by atoms with Gasteiger partial charge in [0.05, 0.1) is 0 Å². The Morgan fingerprint density at radius 3 is 2.40 bits per heavy atom. The van der Waals surface area contributed by atoms with E-state index in [4.69, 9.17) is 5.73 Å². The maximum absolute atomic E-state index is 6.41. The quantitative estimate of drug-likeness (QED) is 0.775. The zero-order valence-electron chi connectivity index (χ0n) is 9.76. The fraction of sp³-hybridized carbons (Fsp3) is 0.538. The number of hydrogen-bond donors (Lipinski definition) is 1. The summed E-state index contributed by atoms with van der Waals surface area (Å²) < 4.78 is 0. The van der Waals surface area contributed by atoms with Gasteiger partial charge in [-0.25, -0.2) is 0 Å². The van der Waals surface area contributed by atoms with Gasteiger partial charge in [0, 0.05) is 10.4 Å². The highest BCUT2D eigenvalue weighted by atomic mass is 32.2. The van der Waals surface area contributed by atoms with Crippen LogP contribution in [0.2, 0.25) is 0 Å². The van der Waals surface area contributed by atoms with Gasteiger partial charge in [-0.15, -0.1) is 11.8 Å². The summed E-state index contributed by atoms with van der Waals surface area (Å²) >= 11 is 1.80. The Kier molecular flexibility index (Phi) is 2.82. The van der Waals surface area contributed by atoms with Crippen molar-refractivity contribution in [2.75, 3.05) is 6.26 Å². The van der Waals surface area contributed by atoms with Gasteiger partial charge >= 0.3 is 0 Å². The van der Waals surface area contributed by atoms with E-state index in [1.54, 1.807) is 11.8 Å². The molecule has 0 heterocycles. The first kappa shape index (κ1) is 11.0. The van der Waals surface area contributed by atoms with E-state index >= 15 is 0 Å². The topological polar surface area (TPSA) is 26.0 Å². The first-order chi connectivity index (χ1) is 7.07. The van der Waals surface area contributed by atoms with E-state index in [2.05, 4.69) is 32.2 Å². The van der Waals surface area contributed by atoms with Crippen molar-refractivity contribution in [3.05, 3.63) is 28.8 Å². The van der Waals surface area contributed by atoms with Crippen LogP contribution in [0, 0.1) is 13.8 Å². The van der Waals surface area contributed by atoms with Gasteiger partial charge in [0.1, 0.15) is 0 Å². The summed E-state index contributed by atoms with van der Waals surface area (Å²) in [5.74, 6) is 0. The normalized spacial score (nSPS) is 18.7. The Morgan fingerprint density at radius 2 is 1.93 bits per heavy atom. The smallest absolute Gasteiger partial charge is 0.0412 e. The van der Waals surface area contributed by atoms with Gasteiger partial charge in [-0.1, -0.05) is 0 Å². The number of aryl methyl sites for hydroxylation is 1. The number of rotatable bonds is 2. The number of hydrogen-bond acceptors (Lipinski definition) is 2. The molecule has 1 fully saturated rings. The van der Waals surface area contributed by atoms with Crippen LogP contribution in [0.4, 0.5) is 0 Å². The number of benzene rings is 1. The fourth-order valence-electron chi connectivity index (χ4n) is 2.29. The van der Waals surface area contributed by atoms with Crippen molar-refractivity contribution < 1.29 is 0 Å². The molecule has 0 unspecified atom stereocenters. The third-order valence-corrected chi connectivity index (χ3v) is 4.37. The van der Waals surface area contributed by atoms with Crippen LogP contribution >= 0.6 is 11.8 Å². The van der Waals surface area contributed by atoms with E-state index in [1.807, 2.05) is 0 Å². The average molecular weight is 221 g/mol. The van der Waals surface area contributed by atoms with Gasteiger partial charge in [-0.2, -0.15) is 0 Å². The molecule has 2 N–H and O–H groups in total. The molecule has 2 heteroatoms. The van der Waals surface area contributed by atoms with Gasteiger partial charge in [0.2, 0.25) is 0 Å². The van der Waals surface area contributed by atoms with Crippen LogP contribution in [-0.4, -0.2) is 6.26 Å². The lowest BCUT2D eigenvalue weighted by atomic mass is 9.71. The zero-order chi connectivity index (χ0) is 11.1. The van der Waals surface area contributed by atoms with Gasteiger partial charge in [-0.3, -0.25) is 0 Å². The van der Waals surface area contributed by atoms with Crippen LogP contribution in [0.25, 0.3) is 0 Å². The lowest BCUT2D eigenvalue weighted by Gasteiger charge is -2.40. The SMILES string of the molecule is CSc1cc(C)c(C)c(C2(N)CCC2)c1. The van der Waals surface area contributed by atoms with Gasteiger partial charge < -0.3 is 5.73 Å². The van der Waals surface area contributed by atoms with Crippen LogP contribution in [0.1, 0.15) is 36.0 Å². The molecule has 1 aromatic rings. The molecule has 0 aliphatic heterocycles. The molecule has 82 valence electrons. The molecule has 0 amide bonds. The highest BCUT2D eigenvalue weighted by Crippen LogP contribution is 2.41. The number of thioether (sulfide) groups is 1. The molecule has 0 aromatic heterocycles. The van der Waals surface area contributed by atoms with Crippen LogP contribution in [0.15, 0.2) is 17.0 Å². The zero-order valence-corrected chi connectivity index (χ0v) is 10.6. The highest BCUT2D eigenvalue weighted by molar-refractivity contribution is 7.98. The van der Waals surface area contributed by atoms with Crippen molar-refractivity contribution in [2.45, 2.75) is 43.5 Å². The van der Waals surface area contributed by atoms with Crippen molar-refractivity contribution in [1.29, 1.82) is 0 Å². The van der Waals surface area contributed by atoms with E-state index in [1.165, 1.54) is 28.0 Å². The maximum Gasteiger partial charge on any atom is 0.0412 e. The largest absolute Gasteiger partial charge is 0.321 e. The summed E-state index contributed by atoms with van der Waals surface area (Å²) in [5, 5.41) is 0. The van der Waals surface area contributed by atoms with E-state index in [0.29, 0.717) is 0 Å². The Labute approximate surface area is 96.4 Å². The van der Waals surface area contributed by atoms with Crippen molar-refractivity contribution >= 4 is 11.8 Å². The molecule has 0 radical (unpaired) electrons. The molecule has 0 bridgehead atoms. The summed E-state index contributed by atoms with van der Waals surface area (Å²) in [4.78, 5) is 1.34. The third kappa shape index (κ3) is 1.81. The summed E-state index contributed by atoms with van der Waals surface area (Å²) in [7, 11) is 0. The number of nitrogens with two attached hydrogens (primary N) is 1. The van der Waals surface area contributed by atoms with Crippen molar-refractivity contribution in [3.63, 3.8) is 0 Å². The van der Waals surface area contributed by atoms with Gasteiger partial charge in [0.15, 0.2) is 0 Å². The summed E-state index contributed by atoms with van der Waals surface area (Å²) in [6, 6.07) is 4.54. The van der Waals surface area contributed by atoms with E-state index in [9.17, 15) is 0 Å². The Morgan fingerprint density at radius 1 is 1.27 bits per heavy atom. The monoisotopic (exact) mass is 221 g/mol. The minimum absolute atomic E-state index is 0.0272. The molecule has 0 spiro atoms. The van der Waals surface area contributed by atoms with Crippen LogP contribution in [0.3, 0.4) is 0 Å². The molecule has 1 aliphatic rings. The Hall–Kier alpha value is -0.470. The van der Waals surface area contributed by atoms with Crippen LogP contribution < -0.4 is 5.73 Å². The maximum atomic E-state index is 6.41. The molecule has 0 saturated heterocycles. The molecule has 1 aliphatic carbocycles. The molecular weight excluding hydrogens is 202 g/mol. The van der Waals surface area contributed by atoms with E-state index in [-0.39, 0.29) is 5.54 Å². The summed E-state index contributed by atoms with van der Waals surface area (Å²) in [6.45, 7) is 4.38. The second kappa shape index (κ2) is 3.84. The Bertz CT molecular complexity index is 380. The molecule has 2 rings (SSSR count). The fourth-order valence-corrected chi connectivity index (χ4v) is 2.82. The summed E-state index contributed by atoms with van der Waals surface area (Å²) in [6.07, 6.45) is 5.69. The van der Waals surface area contributed by atoms with Crippen molar-refractivity contribution in [1.82, 2.24) is 0 Å². The van der Waals surface area contributed by atoms with Crippen molar-refractivity contribution in [3.8, 4) is 0 Å². The minimum atomic E-state index is -0.0272. The average Bonchev–Trinajstić information content (AvgIpc) is 2.18. The second-order valence-electron chi connectivity index (χ2n) is 4.63. The molecule has 1 nitrogen and oxygen atoms in total. The predicted molar refractivity (Wildman–Crippen MR) is 67.4 cm³/mol. The van der Waals surface area contributed by atoms with Crippen LogP contribution in [-0.2, 0) is 5.54 Å². The second-order valence-corrected chi connectivity index (χ2v) is 5.51. The van der Waals surface area contributed by atoms with Crippen molar-refractivity contribution in [2.24, 2.45) is 5.73 Å². The van der Waals surface area contributed by atoms with E-state index in [0.717, 1.165) is 12.8 Å². The lowest BCUT2D eigenvalue weighted by Crippen LogP contribution is -2.44. The summed E-state index contributed by atoms with van der Waals surface area (Å²) in [5.41, 5.74) is 10.5. The molecule has 1 aromatic carbocycles. The molecule has 1 saturated carbocycles. The standard InChI is InChI=1S/C13H19NS/c1-9-7-11(15-3)8-12(10(9)2)13(14)5-4-6-13/h7-8H,4-6,14H2,1-3H3. The van der Waals surface area contributed by atoms with E-state index < -0.39 is 0 Å². The predicted octanol–water partition coefficient (Wildman–Crippen LogP) is 3.36. The highest BCUT2D eigenvalue weighted by Gasteiger charge is 2.35. The first-order valence-electron chi connectivity index (χ1n) is 5.51. The third-order valence-electron chi connectivity index (χ3n) is 3.66. The van der Waals surface area contributed by atoms with Crippen LogP contribution in [0.5, 0.6) is 0 Å². The molecule has 15 heavy (non-hydrogen) atoms. The Balaban J connectivity index is 2.49. The molecular formula is C13H19NS. The first-order valence-corrected chi connectivity index (χ1v) is 6.74. The van der Waals surface area contributed by atoms with Gasteiger partial charge in [-0.05, 0) is 68.2 Å². The van der Waals surface area contributed by atoms with Gasteiger partial charge in [0.25, 0.3) is 0 Å². The molecule has 0 atom stereocenters. The lowest BCUT2D eigenvalue weighted by molar-refractivity contribution is 0.252. The minimum Gasteiger partial charge on any atom is -0.321 e.